The maximum absolute atomic E-state index is 12.1. The molecule has 2 rings (SSSR count). The van der Waals surface area contributed by atoms with Crippen LogP contribution in [-0.2, 0) is 11.2 Å². The zero-order valence-electron chi connectivity index (χ0n) is 13.5. The van der Waals surface area contributed by atoms with Gasteiger partial charge in [-0.15, -0.1) is 0 Å². The number of anilines is 1. The van der Waals surface area contributed by atoms with Crippen LogP contribution in [0.4, 0.5) is 5.69 Å². The number of carbonyl (C=O) groups excluding carboxylic acids is 1. The highest BCUT2D eigenvalue weighted by atomic mass is 16.5. The number of hydrogen-bond acceptors (Lipinski definition) is 2. The minimum atomic E-state index is -0.0170. The zero-order valence-corrected chi connectivity index (χ0v) is 13.5. The Labute approximate surface area is 132 Å². The Balaban J connectivity index is 1.89. The lowest BCUT2D eigenvalue weighted by atomic mass is 10.1. The fraction of sp³-hybridized carbons (Fsp3) is 0.316. The number of nitrogens with one attached hydrogen (secondary N) is 1. The van der Waals surface area contributed by atoms with Crippen molar-refractivity contribution in [2.75, 3.05) is 11.9 Å². The molecule has 22 heavy (non-hydrogen) atoms. The van der Waals surface area contributed by atoms with Gasteiger partial charge in [-0.1, -0.05) is 37.3 Å². The Morgan fingerprint density at radius 2 is 1.91 bits per heavy atom. The molecule has 0 aliphatic heterocycles. The second-order valence-corrected chi connectivity index (χ2v) is 5.43. The molecule has 0 saturated heterocycles. The van der Waals surface area contributed by atoms with Crippen LogP contribution in [0.1, 0.15) is 30.0 Å². The second kappa shape index (κ2) is 7.64. The summed E-state index contributed by atoms with van der Waals surface area (Å²) < 4.78 is 5.62. The van der Waals surface area contributed by atoms with Crippen molar-refractivity contribution >= 4 is 11.6 Å². The molecule has 1 amide bonds. The van der Waals surface area contributed by atoms with Gasteiger partial charge in [-0.05, 0) is 49.1 Å². The summed E-state index contributed by atoms with van der Waals surface area (Å²) in [6.45, 7) is 6.50. The SMILES string of the molecule is CCc1cccc(C)c1NC(=O)CCOc1cccc(C)c1. The van der Waals surface area contributed by atoms with Crippen molar-refractivity contribution in [1.82, 2.24) is 0 Å². The number of benzene rings is 2. The molecule has 0 aliphatic rings. The van der Waals surface area contributed by atoms with Crippen molar-refractivity contribution < 1.29 is 9.53 Å². The van der Waals surface area contributed by atoms with E-state index in [9.17, 15) is 4.79 Å². The molecular formula is C19H23NO2. The normalized spacial score (nSPS) is 10.3. The highest BCUT2D eigenvalue weighted by molar-refractivity contribution is 5.92. The van der Waals surface area contributed by atoms with Crippen LogP contribution in [0, 0.1) is 13.8 Å². The highest BCUT2D eigenvalue weighted by Crippen LogP contribution is 2.21. The summed E-state index contributed by atoms with van der Waals surface area (Å²) >= 11 is 0. The lowest BCUT2D eigenvalue weighted by Gasteiger charge is -2.13. The Bertz CT molecular complexity index is 650. The summed E-state index contributed by atoms with van der Waals surface area (Å²) in [6, 6.07) is 13.9. The van der Waals surface area contributed by atoms with Gasteiger partial charge in [0.15, 0.2) is 0 Å². The largest absolute Gasteiger partial charge is 0.493 e. The number of amides is 1. The first-order valence-corrected chi connectivity index (χ1v) is 7.68. The van der Waals surface area contributed by atoms with Crippen molar-refractivity contribution in [3.05, 3.63) is 59.2 Å². The standard InChI is InChI=1S/C19H23NO2/c1-4-16-9-6-8-15(3)19(16)20-18(21)11-12-22-17-10-5-7-14(2)13-17/h5-10,13H,4,11-12H2,1-3H3,(H,20,21). The third kappa shape index (κ3) is 4.35. The van der Waals surface area contributed by atoms with E-state index in [1.165, 1.54) is 0 Å². The van der Waals surface area contributed by atoms with E-state index in [0.717, 1.165) is 34.5 Å². The Kier molecular flexibility index (Phi) is 5.59. The van der Waals surface area contributed by atoms with Crippen molar-refractivity contribution in [2.24, 2.45) is 0 Å². The summed E-state index contributed by atoms with van der Waals surface area (Å²) in [4.78, 5) is 12.1. The molecule has 116 valence electrons. The van der Waals surface area contributed by atoms with Crippen LogP contribution in [0.25, 0.3) is 0 Å². The molecule has 3 nitrogen and oxygen atoms in total. The van der Waals surface area contributed by atoms with Crippen LogP contribution in [0.2, 0.25) is 0 Å². The van der Waals surface area contributed by atoms with E-state index in [0.29, 0.717) is 13.0 Å². The van der Waals surface area contributed by atoms with E-state index < -0.39 is 0 Å². The summed E-state index contributed by atoms with van der Waals surface area (Å²) in [6.07, 6.45) is 1.24. The number of rotatable bonds is 6. The summed E-state index contributed by atoms with van der Waals surface area (Å²) in [5, 5.41) is 3.01. The molecule has 0 aliphatic carbocycles. The van der Waals surface area contributed by atoms with Gasteiger partial charge in [0.25, 0.3) is 0 Å². The number of ether oxygens (including phenoxy) is 1. The molecule has 2 aromatic rings. The van der Waals surface area contributed by atoms with Gasteiger partial charge in [0, 0.05) is 5.69 Å². The summed E-state index contributed by atoms with van der Waals surface area (Å²) in [5.74, 6) is 0.787. The molecule has 0 spiro atoms. The molecule has 0 bridgehead atoms. The van der Waals surface area contributed by atoms with E-state index in [4.69, 9.17) is 4.74 Å². The van der Waals surface area contributed by atoms with Crippen molar-refractivity contribution in [1.29, 1.82) is 0 Å². The maximum atomic E-state index is 12.1. The third-order valence-electron chi connectivity index (χ3n) is 3.59. The van der Waals surface area contributed by atoms with Crippen LogP contribution in [0.5, 0.6) is 5.75 Å². The lowest BCUT2D eigenvalue weighted by molar-refractivity contribution is -0.116. The van der Waals surface area contributed by atoms with Gasteiger partial charge < -0.3 is 10.1 Å². The average Bonchev–Trinajstić information content (AvgIpc) is 2.49. The van der Waals surface area contributed by atoms with Gasteiger partial charge in [0.1, 0.15) is 5.75 Å². The smallest absolute Gasteiger partial charge is 0.227 e. The number of aryl methyl sites for hydroxylation is 3. The first-order chi connectivity index (χ1) is 10.6. The van der Waals surface area contributed by atoms with E-state index >= 15 is 0 Å². The molecular weight excluding hydrogens is 274 g/mol. The number of hydrogen-bond donors (Lipinski definition) is 1. The molecule has 0 heterocycles. The van der Waals surface area contributed by atoms with Gasteiger partial charge in [0.05, 0.1) is 13.0 Å². The van der Waals surface area contributed by atoms with Crippen LogP contribution in [-0.4, -0.2) is 12.5 Å². The molecule has 0 unspecified atom stereocenters. The zero-order chi connectivity index (χ0) is 15.9. The molecule has 0 atom stereocenters. The molecule has 0 radical (unpaired) electrons. The summed E-state index contributed by atoms with van der Waals surface area (Å²) in [5.41, 5.74) is 4.33. The third-order valence-corrected chi connectivity index (χ3v) is 3.59. The van der Waals surface area contributed by atoms with Crippen LogP contribution >= 0.6 is 0 Å². The molecule has 0 fully saturated rings. The first-order valence-electron chi connectivity index (χ1n) is 7.68. The van der Waals surface area contributed by atoms with Crippen molar-refractivity contribution in [3.8, 4) is 5.75 Å². The van der Waals surface area contributed by atoms with Gasteiger partial charge >= 0.3 is 0 Å². The monoisotopic (exact) mass is 297 g/mol. The average molecular weight is 297 g/mol. The van der Waals surface area contributed by atoms with E-state index in [1.807, 2.05) is 56.3 Å². The predicted octanol–water partition coefficient (Wildman–Crippen LogP) is 4.27. The van der Waals surface area contributed by atoms with Crippen molar-refractivity contribution in [3.63, 3.8) is 0 Å². The van der Waals surface area contributed by atoms with E-state index in [1.54, 1.807) is 0 Å². The van der Waals surface area contributed by atoms with Gasteiger partial charge in [0.2, 0.25) is 5.91 Å². The minimum absolute atomic E-state index is 0.0170. The van der Waals surface area contributed by atoms with E-state index in [-0.39, 0.29) is 5.91 Å². The summed E-state index contributed by atoms with van der Waals surface area (Å²) in [7, 11) is 0. The Morgan fingerprint density at radius 1 is 1.14 bits per heavy atom. The van der Waals surface area contributed by atoms with Crippen LogP contribution in [0.15, 0.2) is 42.5 Å². The fourth-order valence-electron chi connectivity index (χ4n) is 2.37. The van der Waals surface area contributed by atoms with Gasteiger partial charge in [-0.25, -0.2) is 0 Å². The Hall–Kier alpha value is -2.29. The van der Waals surface area contributed by atoms with Crippen LogP contribution in [0.3, 0.4) is 0 Å². The van der Waals surface area contributed by atoms with Crippen molar-refractivity contribution in [2.45, 2.75) is 33.6 Å². The predicted molar refractivity (Wildman–Crippen MR) is 90.5 cm³/mol. The number of para-hydroxylation sites is 1. The highest BCUT2D eigenvalue weighted by Gasteiger charge is 2.08. The fourth-order valence-corrected chi connectivity index (χ4v) is 2.37. The van der Waals surface area contributed by atoms with Crippen LogP contribution < -0.4 is 10.1 Å². The second-order valence-electron chi connectivity index (χ2n) is 5.43. The van der Waals surface area contributed by atoms with E-state index in [2.05, 4.69) is 12.2 Å². The molecule has 0 aromatic heterocycles. The lowest BCUT2D eigenvalue weighted by Crippen LogP contribution is -2.17. The topological polar surface area (TPSA) is 38.3 Å². The molecule has 2 aromatic carbocycles. The Morgan fingerprint density at radius 3 is 2.64 bits per heavy atom. The molecule has 3 heteroatoms. The quantitative estimate of drug-likeness (QED) is 0.864. The minimum Gasteiger partial charge on any atom is -0.493 e. The first kappa shape index (κ1) is 16.1. The van der Waals surface area contributed by atoms with Gasteiger partial charge in [-0.3, -0.25) is 4.79 Å². The van der Waals surface area contributed by atoms with Gasteiger partial charge in [-0.2, -0.15) is 0 Å². The maximum Gasteiger partial charge on any atom is 0.227 e. The molecule has 1 N–H and O–H groups in total. The molecule has 0 saturated carbocycles. The number of carbonyl (C=O) groups is 1.